The number of aromatic amines is 1. The SMILES string of the molecule is C=CC(=O)N1CCC(c2nn(-c3ccc(Oc4ccc(F)cc4)cc3)c3c(N)n[nH]c(=O)c23)C1. The predicted molar refractivity (Wildman–Crippen MR) is 125 cm³/mol. The molecule has 1 amide bonds. The molecule has 172 valence electrons. The standard InChI is InChI=1S/C24H21FN6O3/c1-2-19(32)30-12-11-14(13-30)21-20-22(23(26)27-28-24(20)33)31(29-21)16-5-9-18(10-6-16)34-17-7-3-15(25)4-8-17/h2-10,14H,1,11-13H2,(H2,26,27)(H,28,33). The summed E-state index contributed by atoms with van der Waals surface area (Å²) in [6.07, 6.45) is 1.95. The third kappa shape index (κ3) is 3.79. The van der Waals surface area contributed by atoms with Gasteiger partial charge in [0, 0.05) is 19.0 Å². The number of carbonyl (C=O) groups excluding carboxylic acids is 1. The number of anilines is 1. The smallest absolute Gasteiger partial charge is 0.275 e. The Hall–Kier alpha value is -4.47. The van der Waals surface area contributed by atoms with Gasteiger partial charge in [-0.3, -0.25) is 9.59 Å². The fourth-order valence-electron chi connectivity index (χ4n) is 4.19. The van der Waals surface area contributed by atoms with Crippen LogP contribution in [0.5, 0.6) is 11.5 Å². The second-order valence-electron chi connectivity index (χ2n) is 7.98. The van der Waals surface area contributed by atoms with Crippen LogP contribution >= 0.6 is 0 Å². The Morgan fingerprint density at radius 3 is 2.53 bits per heavy atom. The number of fused-ring (bicyclic) bond motifs is 1. The highest BCUT2D eigenvalue weighted by atomic mass is 19.1. The van der Waals surface area contributed by atoms with Gasteiger partial charge in [-0.2, -0.15) is 10.2 Å². The average molecular weight is 460 g/mol. The number of aromatic nitrogens is 4. The second-order valence-corrected chi connectivity index (χ2v) is 7.98. The molecule has 3 N–H and O–H groups in total. The molecule has 9 nitrogen and oxygen atoms in total. The van der Waals surface area contributed by atoms with Crippen molar-refractivity contribution in [3.8, 4) is 17.2 Å². The Labute approximate surface area is 193 Å². The fourth-order valence-corrected chi connectivity index (χ4v) is 4.19. The van der Waals surface area contributed by atoms with Crippen LogP contribution in [-0.4, -0.2) is 43.9 Å². The largest absolute Gasteiger partial charge is 0.457 e. The van der Waals surface area contributed by atoms with Gasteiger partial charge in [0.2, 0.25) is 5.91 Å². The van der Waals surface area contributed by atoms with Gasteiger partial charge in [-0.15, -0.1) is 0 Å². The molecule has 1 saturated heterocycles. The average Bonchev–Trinajstić information content (AvgIpc) is 3.49. The van der Waals surface area contributed by atoms with Crippen LogP contribution in [0.15, 0.2) is 66.0 Å². The minimum absolute atomic E-state index is 0.128. The number of carbonyl (C=O) groups is 1. The fraction of sp³-hybridized carbons (Fsp3) is 0.167. The number of H-pyrrole nitrogens is 1. The number of nitrogens with one attached hydrogen (secondary N) is 1. The molecular formula is C24H21FN6O3. The minimum atomic E-state index is -0.393. The van der Waals surface area contributed by atoms with Crippen molar-refractivity contribution in [2.24, 2.45) is 0 Å². The van der Waals surface area contributed by atoms with E-state index >= 15 is 0 Å². The lowest BCUT2D eigenvalue weighted by molar-refractivity contribution is -0.125. The number of hydrogen-bond donors (Lipinski definition) is 2. The van der Waals surface area contributed by atoms with E-state index in [1.54, 1.807) is 33.8 Å². The predicted octanol–water partition coefficient (Wildman–Crippen LogP) is 3.12. The minimum Gasteiger partial charge on any atom is -0.457 e. The summed E-state index contributed by atoms with van der Waals surface area (Å²) >= 11 is 0. The van der Waals surface area contributed by atoms with Crippen LogP contribution in [0.25, 0.3) is 16.6 Å². The zero-order chi connectivity index (χ0) is 23.8. The highest BCUT2D eigenvalue weighted by Crippen LogP contribution is 2.33. The highest BCUT2D eigenvalue weighted by Gasteiger charge is 2.31. The van der Waals surface area contributed by atoms with Crippen molar-refractivity contribution >= 4 is 22.6 Å². The summed E-state index contributed by atoms with van der Waals surface area (Å²) in [5.74, 6) is 0.558. The van der Waals surface area contributed by atoms with Gasteiger partial charge in [-0.05, 0) is 61.0 Å². The molecule has 4 aromatic rings. The van der Waals surface area contributed by atoms with Crippen molar-refractivity contribution in [1.82, 2.24) is 24.9 Å². The van der Waals surface area contributed by atoms with E-state index in [0.717, 1.165) is 0 Å². The van der Waals surface area contributed by atoms with Crippen LogP contribution in [0, 0.1) is 5.82 Å². The highest BCUT2D eigenvalue weighted by molar-refractivity contribution is 5.91. The maximum atomic E-state index is 13.1. The molecule has 1 unspecified atom stereocenters. The van der Waals surface area contributed by atoms with E-state index in [-0.39, 0.29) is 23.5 Å². The molecule has 1 aliphatic rings. The Kier molecular flexibility index (Phi) is 5.33. The molecule has 0 aliphatic carbocycles. The topological polar surface area (TPSA) is 119 Å². The number of halogens is 1. The number of nitrogens with zero attached hydrogens (tertiary/aromatic N) is 4. The first-order chi connectivity index (χ1) is 16.4. The molecule has 1 aliphatic heterocycles. The summed E-state index contributed by atoms with van der Waals surface area (Å²) in [7, 11) is 0. The Morgan fingerprint density at radius 2 is 1.85 bits per heavy atom. The number of nitrogens with two attached hydrogens (primary N) is 1. The van der Waals surface area contributed by atoms with Gasteiger partial charge in [0.25, 0.3) is 5.56 Å². The van der Waals surface area contributed by atoms with Gasteiger partial charge < -0.3 is 15.4 Å². The van der Waals surface area contributed by atoms with Crippen LogP contribution in [-0.2, 0) is 4.79 Å². The number of rotatable bonds is 5. The Morgan fingerprint density at radius 1 is 1.18 bits per heavy atom. The molecule has 0 spiro atoms. The molecule has 0 radical (unpaired) electrons. The van der Waals surface area contributed by atoms with Crippen molar-refractivity contribution in [1.29, 1.82) is 0 Å². The van der Waals surface area contributed by atoms with Crippen molar-refractivity contribution in [3.63, 3.8) is 0 Å². The summed E-state index contributed by atoms with van der Waals surface area (Å²) in [5.41, 5.74) is 7.37. The molecule has 5 rings (SSSR count). The van der Waals surface area contributed by atoms with E-state index in [1.165, 1.54) is 30.3 Å². The first kappa shape index (κ1) is 21.4. The van der Waals surface area contributed by atoms with Crippen LogP contribution < -0.4 is 16.0 Å². The molecule has 3 heterocycles. The molecule has 10 heteroatoms. The lowest BCUT2D eigenvalue weighted by Crippen LogP contribution is -2.26. The summed E-state index contributed by atoms with van der Waals surface area (Å²) < 4.78 is 20.5. The maximum Gasteiger partial charge on any atom is 0.275 e. The molecule has 2 aromatic heterocycles. The van der Waals surface area contributed by atoms with E-state index in [9.17, 15) is 14.0 Å². The summed E-state index contributed by atoms with van der Waals surface area (Å²) in [5, 5.41) is 11.4. The van der Waals surface area contributed by atoms with Crippen LogP contribution in [0.4, 0.5) is 10.2 Å². The van der Waals surface area contributed by atoms with Gasteiger partial charge in [0.1, 0.15) is 22.8 Å². The van der Waals surface area contributed by atoms with Crippen LogP contribution in [0.2, 0.25) is 0 Å². The molecule has 0 bridgehead atoms. The normalized spacial score (nSPS) is 15.6. The van der Waals surface area contributed by atoms with Gasteiger partial charge in [0.15, 0.2) is 5.82 Å². The number of hydrogen-bond acceptors (Lipinski definition) is 6. The molecule has 2 aromatic carbocycles. The summed E-state index contributed by atoms with van der Waals surface area (Å²) in [6, 6.07) is 12.7. The lowest BCUT2D eigenvalue weighted by atomic mass is 10.0. The number of ether oxygens (including phenoxy) is 1. The van der Waals surface area contributed by atoms with Gasteiger partial charge in [0.05, 0.1) is 16.8 Å². The van der Waals surface area contributed by atoms with Crippen molar-refractivity contribution in [2.75, 3.05) is 18.8 Å². The van der Waals surface area contributed by atoms with E-state index in [2.05, 4.69) is 16.8 Å². The molecule has 0 saturated carbocycles. The molecule has 1 atom stereocenters. The third-order valence-corrected chi connectivity index (χ3v) is 5.85. The monoisotopic (exact) mass is 460 g/mol. The van der Waals surface area contributed by atoms with E-state index in [4.69, 9.17) is 15.6 Å². The Bertz CT molecular complexity index is 1440. The van der Waals surface area contributed by atoms with Crippen molar-refractivity contribution in [2.45, 2.75) is 12.3 Å². The molecule has 1 fully saturated rings. The van der Waals surface area contributed by atoms with Gasteiger partial charge >= 0.3 is 0 Å². The quantitative estimate of drug-likeness (QED) is 0.442. The van der Waals surface area contributed by atoms with Crippen molar-refractivity contribution in [3.05, 3.63) is 83.1 Å². The summed E-state index contributed by atoms with van der Waals surface area (Å²) in [6.45, 7) is 4.53. The first-order valence-electron chi connectivity index (χ1n) is 10.7. The number of amides is 1. The number of nitrogen functional groups attached to an aromatic ring is 1. The van der Waals surface area contributed by atoms with Crippen LogP contribution in [0.1, 0.15) is 18.0 Å². The molecule has 34 heavy (non-hydrogen) atoms. The van der Waals surface area contributed by atoms with Gasteiger partial charge in [-0.1, -0.05) is 6.58 Å². The number of likely N-dealkylation sites (tertiary alicyclic amines) is 1. The van der Waals surface area contributed by atoms with E-state index in [1.807, 2.05) is 0 Å². The number of benzene rings is 2. The van der Waals surface area contributed by atoms with E-state index < -0.39 is 5.56 Å². The van der Waals surface area contributed by atoms with Gasteiger partial charge in [-0.25, -0.2) is 14.2 Å². The second kappa shape index (κ2) is 8.47. The van der Waals surface area contributed by atoms with E-state index in [0.29, 0.717) is 53.3 Å². The maximum absolute atomic E-state index is 13.1. The summed E-state index contributed by atoms with van der Waals surface area (Å²) in [4.78, 5) is 26.5. The lowest BCUT2D eigenvalue weighted by Gasteiger charge is -2.13. The zero-order valence-electron chi connectivity index (χ0n) is 18.1. The Balaban J connectivity index is 1.52. The zero-order valence-corrected chi connectivity index (χ0v) is 18.1. The van der Waals surface area contributed by atoms with Crippen molar-refractivity contribution < 1.29 is 13.9 Å². The third-order valence-electron chi connectivity index (χ3n) is 5.85. The van der Waals surface area contributed by atoms with Crippen LogP contribution in [0.3, 0.4) is 0 Å². The first-order valence-corrected chi connectivity index (χ1v) is 10.7. The molecular weight excluding hydrogens is 439 g/mol.